The molecule has 0 atom stereocenters. The first-order valence-electron chi connectivity index (χ1n) is 8.87. The van der Waals surface area contributed by atoms with Crippen LogP contribution in [0.25, 0.3) is 0 Å². The molecule has 1 aromatic carbocycles. The van der Waals surface area contributed by atoms with Crippen LogP contribution in [0.2, 0.25) is 0 Å². The van der Waals surface area contributed by atoms with Gasteiger partial charge in [-0.1, -0.05) is 38.3 Å². The summed E-state index contributed by atoms with van der Waals surface area (Å²) in [5.74, 6) is -0.174. The SMILES string of the molecule is CCc1ccc(NC(=O)c2cc(NC3CCCCC3)ccn2)cc1. The molecule has 3 rings (SSSR count). The van der Waals surface area contributed by atoms with E-state index in [-0.39, 0.29) is 5.91 Å². The Labute approximate surface area is 143 Å². The predicted molar refractivity (Wildman–Crippen MR) is 98.5 cm³/mol. The number of nitrogens with zero attached hydrogens (tertiary/aromatic N) is 1. The molecular formula is C20H25N3O. The van der Waals surface area contributed by atoms with Gasteiger partial charge in [-0.25, -0.2) is 0 Å². The number of aromatic nitrogens is 1. The molecule has 2 aromatic rings. The summed E-state index contributed by atoms with van der Waals surface area (Å²) in [6, 6.07) is 12.2. The Morgan fingerprint density at radius 3 is 2.54 bits per heavy atom. The number of hydrogen-bond acceptors (Lipinski definition) is 3. The number of benzene rings is 1. The highest BCUT2D eigenvalue weighted by Gasteiger charge is 2.14. The van der Waals surface area contributed by atoms with Crippen LogP contribution in [0.15, 0.2) is 42.6 Å². The standard InChI is InChI=1S/C20H25N3O/c1-2-15-8-10-17(11-9-15)23-20(24)19-14-18(12-13-21-19)22-16-6-4-3-5-7-16/h8-14,16H,2-7H2,1H3,(H,21,22)(H,23,24). The maximum atomic E-state index is 12.4. The van der Waals surface area contributed by atoms with Gasteiger partial charge >= 0.3 is 0 Å². The molecule has 1 aliphatic rings. The van der Waals surface area contributed by atoms with E-state index in [2.05, 4.69) is 22.5 Å². The molecule has 2 N–H and O–H groups in total. The van der Waals surface area contributed by atoms with Crippen LogP contribution in [-0.2, 0) is 6.42 Å². The minimum absolute atomic E-state index is 0.174. The van der Waals surface area contributed by atoms with Gasteiger partial charge in [0.25, 0.3) is 5.91 Å². The molecule has 0 aliphatic heterocycles. The molecule has 4 nitrogen and oxygen atoms in total. The summed E-state index contributed by atoms with van der Waals surface area (Å²) in [7, 11) is 0. The van der Waals surface area contributed by atoms with E-state index in [9.17, 15) is 4.79 Å². The third-order valence-corrected chi connectivity index (χ3v) is 4.59. The van der Waals surface area contributed by atoms with Crippen molar-refractivity contribution in [1.82, 2.24) is 4.98 Å². The summed E-state index contributed by atoms with van der Waals surface area (Å²) in [4.78, 5) is 16.6. The Morgan fingerprint density at radius 1 is 1.08 bits per heavy atom. The van der Waals surface area contributed by atoms with Crippen molar-refractivity contribution in [2.24, 2.45) is 0 Å². The number of hydrogen-bond donors (Lipinski definition) is 2. The second-order valence-electron chi connectivity index (χ2n) is 6.41. The van der Waals surface area contributed by atoms with Crippen LogP contribution in [0, 0.1) is 0 Å². The van der Waals surface area contributed by atoms with E-state index in [0.29, 0.717) is 11.7 Å². The Hall–Kier alpha value is -2.36. The Kier molecular flexibility index (Phi) is 5.47. The molecule has 1 saturated carbocycles. The molecule has 0 unspecified atom stereocenters. The van der Waals surface area contributed by atoms with Crippen LogP contribution in [0.1, 0.15) is 55.1 Å². The van der Waals surface area contributed by atoms with Crippen molar-refractivity contribution >= 4 is 17.3 Å². The van der Waals surface area contributed by atoms with Gasteiger partial charge in [0.2, 0.25) is 0 Å². The van der Waals surface area contributed by atoms with Gasteiger partial charge in [0.15, 0.2) is 0 Å². The molecule has 24 heavy (non-hydrogen) atoms. The van der Waals surface area contributed by atoms with E-state index in [4.69, 9.17) is 0 Å². The number of rotatable bonds is 5. The summed E-state index contributed by atoms with van der Waals surface area (Å²) in [6.07, 6.45) is 8.98. The van der Waals surface area contributed by atoms with Crippen LogP contribution in [-0.4, -0.2) is 16.9 Å². The van der Waals surface area contributed by atoms with Gasteiger partial charge in [0.1, 0.15) is 5.69 Å². The number of nitrogens with one attached hydrogen (secondary N) is 2. The maximum Gasteiger partial charge on any atom is 0.274 e. The van der Waals surface area contributed by atoms with Crippen LogP contribution in [0.5, 0.6) is 0 Å². The average Bonchev–Trinajstić information content (AvgIpc) is 2.63. The molecular weight excluding hydrogens is 298 g/mol. The van der Waals surface area contributed by atoms with Crippen LogP contribution in [0.4, 0.5) is 11.4 Å². The molecule has 1 aliphatic carbocycles. The first kappa shape index (κ1) is 16.5. The van der Waals surface area contributed by atoms with Crippen molar-refractivity contribution in [1.29, 1.82) is 0 Å². The number of amides is 1. The van der Waals surface area contributed by atoms with Crippen LogP contribution < -0.4 is 10.6 Å². The highest BCUT2D eigenvalue weighted by Crippen LogP contribution is 2.22. The van der Waals surface area contributed by atoms with E-state index >= 15 is 0 Å². The van der Waals surface area contributed by atoms with Crippen molar-refractivity contribution in [2.45, 2.75) is 51.5 Å². The largest absolute Gasteiger partial charge is 0.382 e. The number of aryl methyl sites for hydroxylation is 1. The summed E-state index contributed by atoms with van der Waals surface area (Å²) in [6.45, 7) is 2.11. The lowest BCUT2D eigenvalue weighted by atomic mass is 9.95. The summed E-state index contributed by atoms with van der Waals surface area (Å²) < 4.78 is 0. The normalized spacial score (nSPS) is 15.0. The molecule has 0 bridgehead atoms. The van der Waals surface area contributed by atoms with Gasteiger partial charge in [-0.05, 0) is 49.1 Å². The number of anilines is 2. The number of pyridine rings is 1. The zero-order valence-electron chi connectivity index (χ0n) is 14.2. The van der Waals surface area contributed by atoms with Crippen molar-refractivity contribution in [3.63, 3.8) is 0 Å². The fourth-order valence-electron chi connectivity index (χ4n) is 3.15. The Morgan fingerprint density at radius 2 is 1.83 bits per heavy atom. The predicted octanol–water partition coefficient (Wildman–Crippen LogP) is 4.64. The quantitative estimate of drug-likeness (QED) is 0.842. The first-order valence-corrected chi connectivity index (χ1v) is 8.87. The highest BCUT2D eigenvalue weighted by molar-refractivity contribution is 6.03. The average molecular weight is 323 g/mol. The fourth-order valence-corrected chi connectivity index (χ4v) is 3.15. The van der Waals surface area contributed by atoms with Gasteiger partial charge in [0.05, 0.1) is 0 Å². The zero-order valence-corrected chi connectivity index (χ0v) is 14.2. The molecule has 1 heterocycles. The highest BCUT2D eigenvalue weighted by atomic mass is 16.1. The van der Waals surface area contributed by atoms with E-state index in [0.717, 1.165) is 17.8 Å². The second kappa shape index (κ2) is 7.95. The van der Waals surface area contributed by atoms with Crippen LogP contribution >= 0.6 is 0 Å². The lowest BCUT2D eigenvalue weighted by molar-refractivity contribution is 0.102. The third-order valence-electron chi connectivity index (χ3n) is 4.59. The van der Waals surface area contributed by atoms with E-state index in [1.54, 1.807) is 6.20 Å². The van der Waals surface area contributed by atoms with E-state index in [1.807, 2.05) is 36.4 Å². The monoisotopic (exact) mass is 323 g/mol. The lowest BCUT2D eigenvalue weighted by Crippen LogP contribution is -2.22. The summed E-state index contributed by atoms with van der Waals surface area (Å²) >= 11 is 0. The summed E-state index contributed by atoms with van der Waals surface area (Å²) in [5.41, 5.74) is 3.47. The van der Waals surface area contributed by atoms with Gasteiger partial charge in [-0.2, -0.15) is 0 Å². The van der Waals surface area contributed by atoms with Crippen LogP contribution in [0.3, 0.4) is 0 Å². The smallest absolute Gasteiger partial charge is 0.274 e. The second-order valence-corrected chi connectivity index (χ2v) is 6.41. The number of carbonyl (C=O) groups excluding carboxylic acids is 1. The molecule has 1 aromatic heterocycles. The summed E-state index contributed by atoms with van der Waals surface area (Å²) in [5, 5.41) is 6.45. The van der Waals surface area contributed by atoms with Gasteiger partial charge in [0, 0.05) is 23.6 Å². The maximum absolute atomic E-state index is 12.4. The zero-order chi connectivity index (χ0) is 16.8. The number of carbonyl (C=O) groups is 1. The molecule has 4 heteroatoms. The minimum Gasteiger partial charge on any atom is -0.382 e. The van der Waals surface area contributed by atoms with Crippen molar-refractivity contribution < 1.29 is 4.79 Å². The lowest BCUT2D eigenvalue weighted by Gasteiger charge is -2.23. The van der Waals surface area contributed by atoms with E-state index in [1.165, 1.54) is 37.7 Å². The minimum atomic E-state index is -0.174. The fraction of sp³-hybridized carbons (Fsp3) is 0.400. The van der Waals surface area contributed by atoms with E-state index < -0.39 is 0 Å². The van der Waals surface area contributed by atoms with Gasteiger partial charge < -0.3 is 10.6 Å². The Balaban J connectivity index is 1.64. The molecule has 0 radical (unpaired) electrons. The molecule has 0 saturated heterocycles. The Bertz CT molecular complexity index is 676. The third kappa shape index (κ3) is 4.34. The van der Waals surface area contributed by atoms with Crippen molar-refractivity contribution in [3.8, 4) is 0 Å². The van der Waals surface area contributed by atoms with Gasteiger partial charge in [-0.15, -0.1) is 0 Å². The first-order chi connectivity index (χ1) is 11.7. The molecule has 1 amide bonds. The van der Waals surface area contributed by atoms with Crippen molar-refractivity contribution in [2.75, 3.05) is 10.6 Å². The van der Waals surface area contributed by atoms with Gasteiger partial charge in [-0.3, -0.25) is 9.78 Å². The topological polar surface area (TPSA) is 54.0 Å². The molecule has 1 fully saturated rings. The molecule has 126 valence electrons. The molecule has 0 spiro atoms. The van der Waals surface area contributed by atoms with Crippen molar-refractivity contribution in [3.05, 3.63) is 53.9 Å².